The summed E-state index contributed by atoms with van der Waals surface area (Å²) in [6.45, 7) is 0. The summed E-state index contributed by atoms with van der Waals surface area (Å²) in [7, 11) is 0. The highest BCUT2D eigenvalue weighted by Gasteiger charge is 2.12. The average molecular weight is 298 g/mol. The van der Waals surface area contributed by atoms with Gasteiger partial charge in [0.15, 0.2) is 0 Å². The molecule has 23 heavy (non-hydrogen) atoms. The fourth-order valence-corrected chi connectivity index (χ4v) is 2.80. The highest BCUT2D eigenvalue weighted by molar-refractivity contribution is 6.05. The van der Waals surface area contributed by atoms with Crippen LogP contribution in [0.5, 0.6) is 5.75 Å². The van der Waals surface area contributed by atoms with Crippen molar-refractivity contribution in [3.63, 3.8) is 0 Å². The van der Waals surface area contributed by atoms with E-state index in [4.69, 9.17) is 4.74 Å². The van der Waals surface area contributed by atoms with Crippen molar-refractivity contribution in [1.29, 1.82) is 0 Å². The number of carbonyl (C=O) groups is 1. The number of hydrogen-bond donors (Lipinski definition) is 0. The molecule has 4 aromatic carbocycles. The zero-order valence-electron chi connectivity index (χ0n) is 12.4. The molecule has 4 rings (SSSR count). The van der Waals surface area contributed by atoms with Gasteiger partial charge in [0.2, 0.25) is 0 Å². The van der Waals surface area contributed by atoms with Gasteiger partial charge in [0, 0.05) is 0 Å². The van der Waals surface area contributed by atoms with E-state index < -0.39 is 0 Å². The molecule has 0 aliphatic carbocycles. The van der Waals surface area contributed by atoms with Gasteiger partial charge >= 0.3 is 5.97 Å². The maximum atomic E-state index is 12.5. The Hall–Kier alpha value is -3.13. The van der Waals surface area contributed by atoms with Crippen LogP contribution in [0.4, 0.5) is 0 Å². The molecule has 0 aliphatic rings. The molecule has 0 aliphatic heterocycles. The normalized spacial score (nSPS) is 10.8. The second kappa shape index (κ2) is 5.58. The van der Waals surface area contributed by atoms with Crippen molar-refractivity contribution >= 4 is 27.5 Å². The fraction of sp³-hybridized carbons (Fsp3) is 0. The zero-order chi connectivity index (χ0) is 15.6. The molecule has 0 aromatic heterocycles. The number of carbonyl (C=O) groups excluding carboxylic acids is 1. The minimum Gasteiger partial charge on any atom is -0.423 e. The number of rotatable bonds is 2. The first-order chi connectivity index (χ1) is 11.3. The summed E-state index contributed by atoms with van der Waals surface area (Å²) in [6.07, 6.45) is 0. The van der Waals surface area contributed by atoms with Gasteiger partial charge in [-0.05, 0) is 39.7 Å². The Morgan fingerprint density at radius 1 is 0.652 bits per heavy atom. The molecule has 2 heteroatoms. The van der Waals surface area contributed by atoms with E-state index >= 15 is 0 Å². The maximum absolute atomic E-state index is 12.5. The van der Waals surface area contributed by atoms with Crippen LogP contribution in [0, 0.1) is 0 Å². The Kier molecular flexibility index (Phi) is 3.28. The van der Waals surface area contributed by atoms with Gasteiger partial charge in [-0.3, -0.25) is 0 Å². The summed E-state index contributed by atoms with van der Waals surface area (Å²) >= 11 is 0. The van der Waals surface area contributed by atoms with Crippen molar-refractivity contribution in [3.8, 4) is 5.75 Å². The highest BCUT2D eigenvalue weighted by Crippen LogP contribution is 2.23. The average Bonchev–Trinajstić information content (AvgIpc) is 2.61. The molecular weight excluding hydrogens is 284 g/mol. The van der Waals surface area contributed by atoms with Gasteiger partial charge in [0.1, 0.15) is 5.75 Å². The largest absolute Gasteiger partial charge is 0.423 e. The van der Waals surface area contributed by atoms with Crippen LogP contribution in [0.1, 0.15) is 10.4 Å². The molecule has 110 valence electrons. The molecule has 0 bridgehead atoms. The smallest absolute Gasteiger partial charge is 0.344 e. The lowest BCUT2D eigenvalue weighted by Gasteiger charge is -2.08. The molecule has 0 N–H and O–H groups in total. The highest BCUT2D eigenvalue weighted by atomic mass is 16.5. The Morgan fingerprint density at radius 2 is 1.35 bits per heavy atom. The summed E-state index contributed by atoms with van der Waals surface area (Å²) in [4.78, 5) is 12.5. The molecule has 0 atom stereocenters. The van der Waals surface area contributed by atoms with Gasteiger partial charge in [-0.15, -0.1) is 0 Å². The third-order valence-corrected chi connectivity index (χ3v) is 3.94. The third kappa shape index (κ3) is 2.55. The van der Waals surface area contributed by atoms with Crippen molar-refractivity contribution in [2.45, 2.75) is 0 Å². The summed E-state index contributed by atoms with van der Waals surface area (Å²) in [5, 5.41) is 4.11. The van der Waals surface area contributed by atoms with E-state index in [0.29, 0.717) is 11.3 Å². The van der Waals surface area contributed by atoms with Gasteiger partial charge < -0.3 is 4.74 Å². The predicted octanol–water partition coefficient (Wildman–Crippen LogP) is 5.21. The van der Waals surface area contributed by atoms with E-state index in [1.165, 1.54) is 0 Å². The van der Waals surface area contributed by atoms with Crippen molar-refractivity contribution in [2.75, 3.05) is 0 Å². The maximum Gasteiger partial charge on any atom is 0.344 e. The molecule has 0 saturated carbocycles. The van der Waals surface area contributed by atoms with Gasteiger partial charge in [0.05, 0.1) is 5.56 Å². The Bertz CT molecular complexity index is 1010. The van der Waals surface area contributed by atoms with Crippen molar-refractivity contribution in [3.05, 3.63) is 90.5 Å². The van der Waals surface area contributed by atoms with E-state index in [2.05, 4.69) is 0 Å². The number of benzene rings is 4. The van der Waals surface area contributed by atoms with Gasteiger partial charge in [0.25, 0.3) is 0 Å². The van der Waals surface area contributed by atoms with Crippen LogP contribution in [0.3, 0.4) is 0 Å². The van der Waals surface area contributed by atoms with Crippen LogP contribution >= 0.6 is 0 Å². The lowest BCUT2D eigenvalue weighted by Crippen LogP contribution is -2.09. The summed E-state index contributed by atoms with van der Waals surface area (Å²) in [5.74, 6) is 0.221. The first-order valence-corrected chi connectivity index (χ1v) is 7.50. The summed E-state index contributed by atoms with van der Waals surface area (Å²) < 4.78 is 5.58. The second-order valence-corrected chi connectivity index (χ2v) is 5.43. The number of hydrogen-bond acceptors (Lipinski definition) is 2. The molecule has 0 fully saturated rings. The quantitative estimate of drug-likeness (QED) is 0.375. The van der Waals surface area contributed by atoms with Crippen molar-refractivity contribution < 1.29 is 9.53 Å². The van der Waals surface area contributed by atoms with E-state index in [1.54, 1.807) is 6.07 Å². The zero-order valence-corrected chi connectivity index (χ0v) is 12.4. The van der Waals surface area contributed by atoms with E-state index in [9.17, 15) is 4.79 Å². The molecule has 0 unspecified atom stereocenters. The minimum absolute atomic E-state index is 0.336. The molecule has 0 heterocycles. The van der Waals surface area contributed by atoms with Crippen LogP contribution in [0.15, 0.2) is 84.9 Å². The molecule has 0 spiro atoms. The topological polar surface area (TPSA) is 26.3 Å². The number of ether oxygens (including phenoxy) is 1. The predicted molar refractivity (Wildman–Crippen MR) is 92.9 cm³/mol. The summed E-state index contributed by atoms with van der Waals surface area (Å²) in [6, 6.07) is 27.1. The van der Waals surface area contributed by atoms with Crippen LogP contribution < -0.4 is 4.74 Å². The molecule has 0 radical (unpaired) electrons. The first kappa shape index (κ1) is 13.5. The van der Waals surface area contributed by atoms with Crippen molar-refractivity contribution in [1.82, 2.24) is 0 Å². The molecular formula is C21H14O2. The van der Waals surface area contributed by atoms with Gasteiger partial charge in [-0.2, -0.15) is 0 Å². The standard InChI is InChI=1S/C21H14O2/c22-21(20-11-5-9-16-7-3-4-10-19(16)20)23-18-13-12-15-6-1-2-8-17(15)14-18/h1-14H. The third-order valence-electron chi connectivity index (χ3n) is 3.94. The lowest BCUT2D eigenvalue weighted by molar-refractivity contribution is 0.0737. The summed E-state index contributed by atoms with van der Waals surface area (Å²) in [5.41, 5.74) is 0.580. The van der Waals surface area contributed by atoms with Gasteiger partial charge in [-0.1, -0.05) is 66.7 Å². The number of esters is 1. The van der Waals surface area contributed by atoms with E-state index in [1.807, 2.05) is 78.9 Å². The van der Waals surface area contributed by atoms with Crippen LogP contribution in [0.25, 0.3) is 21.5 Å². The van der Waals surface area contributed by atoms with Crippen LogP contribution in [0.2, 0.25) is 0 Å². The fourth-order valence-electron chi connectivity index (χ4n) is 2.80. The van der Waals surface area contributed by atoms with Crippen LogP contribution in [-0.4, -0.2) is 5.97 Å². The minimum atomic E-state index is -0.336. The Labute approximate surface area is 133 Å². The molecule has 0 saturated heterocycles. The molecule has 4 aromatic rings. The van der Waals surface area contributed by atoms with Crippen molar-refractivity contribution in [2.24, 2.45) is 0 Å². The molecule has 2 nitrogen and oxygen atoms in total. The number of fused-ring (bicyclic) bond motifs is 2. The van der Waals surface area contributed by atoms with Gasteiger partial charge in [-0.25, -0.2) is 4.79 Å². The monoisotopic (exact) mass is 298 g/mol. The Morgan fingerprint density at radius 3 is 2.22 bits per heavy atom. The second-order valence-electron chi connectivity index (χ2n) is 5.43. The first-order valence-electron chi connectivity index (χ1n) is 7.50. The van der Waals surface area contributed by atoms with E-state index in [-0.39, 0.29) is 5.97 Å². The van der Waals surface area contributed by atoms with Crippen LogP contribution in [-0.2, 0) is 0 Å². The molecule has 0 amide bonds. The Balaban J connectivity index is 1.70. The van der Waals surface area contributed by atoms with E-state index in [0.717, 1.165) is 21.5 Å². The lowest BCUT2D eigenvalue weighted by atomic mass is 10.0. The SMILES string of the molecule is O=C(Oc1ccc2ccccc2c1)c1cccc2ccccc12.